The number of aromatic carboxylic acids is 1. The lowest BCUT2D eigenvalue weighted by Gasteiger charge is -1.99. The lowest BCUT2D eigenvalue weighted by Crippen LogP contribution is -1.98. The Bertz CT molecular complexity index is 847. The predicted octanol–water partition coefficient (Wildman–Crippen LogP) is 3.87. The molecular weight excluding hydrogens is 284 g/mol. The second-order valence-corrected chi connectivity index (χ2v) is 5.75. The van der Waals surface area contributed by atoms with Gasteiger partial charge >= 0.3 is 5.97 Å². The minimum atomic E-state index is -0.994. The van der Waals surface area contributed by atoms with Crippen LogP contribution in [0.3, 0.4) is 0 Å². The minimum absolute atomic E-state index is 0.116. The van der Waals surface area contributed by atoms with Crippen LogP contribution in [0.5, 0.6) is 0 Å². The van der Waals surface area contributed by atoms with Crippen molar-refractivity contribution < 1.29 is 9.90 Å². The first-order valence-corrected chi connectivity index (χ1v) is 7.19. The summed E-state index contributed by atoms with van der Waals surface area (Å²) in [7, 11) is 0. The summed E-state index contributed by atoms with van der Waals surface area (Å²) >= 11 is 1.36. The van der Waals surface area contributed by atoms with Crippen LogP contribution in [-0.4, -0.2) is 21.0 Å². The number of fused-ring (bicyclic) bond motifs is 1. The molecule has 104 valence electrons. The molecule has 0 fully saturated rings. The number of carboxylic acid groups (broad SMARTS) is 1. The number of aromatic nitrogens is 2. The van der Waals surface area contributed by atoms with Crippen LogP contribution in [-0.2, 0) is 0 Å². The van der Waals surface area contributed by atoms with Gasteiger partial charge < -0.3 is 5.11 Å². The van der Waals surface area contributed by atoms with E-state index in [0.717, 1.165) is 16.5 Å². The molecule has 1 aromatic carbocycles. The normalized spacial score (nSPS) is 11.3. The quantitative estimate of drug-likeness (QED) is 0.797. The topological polar surface area (TPSA) is 63.1 Å². The van der Waals surface area contributed by atoms with Gasteiger partial charge in [0.05, 0.1) is 5.69 Å². The zero-order chi connectivity index (χ0) is 14.8. The van der Waals surface area contributed by atoms with Crippen molar-refractivity contribution in [2.45, 2.75) is 6.92 Å². The summed E-state index contributed by atoms with van der Waals surface area (Å²) in [6, 6.07) is 9.96. The Labute approximate surface area is 125 Å². The van der Waals surface area contributed by atoms with Gasteiger partial charge in [-0.1, -0.05) is 24.3 Å². The van der Waals surface area contributed by atoms with Gasteiger partial charge in [-0.15, -0.1) is 11.3 Å². The van der Waals surface area contributed by atoms with E-state index < -0.39 is 5.97 Å². The minimum Gasteiger partial charge on any atom is -0.476 e. The fourth-order valence-electron chi connectivity index (χ4n) is 2.11. The first kappa shape index (κ1) is 13.5. The number of nitrogens with zero attached hydrogens (tertiary/aromatic N) is 2. The van der Waals surface area contributed by atoms with E-state index in [2.05, 4.69) is 9.97 Å². The van der Waals surface area contributed by atoms with Crippen molar-refractivity contribution in [2.24, 2.45) is 0 Å². The average Bonchev–Trinajstić information content (AvgIpc) is 2.86. The maximum absolute atomic E-state index is 11.0. The van der Waals surface area contributed by atoms with E-state index in [9.17, 15) is 4.79 Å². The Hall–Kier alpha value is -2.53. The zero-order valence-electron chi connectivity index (χ0n) is 11.3. The second-order valence-electron chi connectivity index (χ2n) is 4.51. The molecule has 0 saturated carbocycles. The van der Waals surface area contributed by atoms with E-state index in [-0.39, 0.29) is 5.69 Å². The first-order valence-electron chi connectivity index (χ1n) is 6.38. The highest BCUT2D eigenvalue weighted by Crippen LogP contribution is 2.22. The van der Waals surface area contributed by atoms with Crippen molar-refractivity contribution in [3.8, 4) is 0 Å². The van der Waals surface area contributed by atoms with E-state index in [0.29, 0.717) is 9.88 Å². The van der Waals surface area contributed by atoms with Gasteiger partial charge in [-0.3, -0.25) is 4.98 Å². The summed E-state index contributed by atoms with van der Waals surface area (Å²) in [5.41, 5.74) is 0.961. The molecule has 3 aromatic rings. The number of hydrogen-bond donors (Lipinski definition) is 1. The molecule has 0 aliphatic rings. The van der Waals surface area contributed by atoms with Crippen LogP contribution in [0.1, 0.15) is 26.1 Å². The van der Waals surface area contributed by atoms with Crippen molar-refractivity contribution in [2.75, 3.05) is 0 Å². The monoisotopic (exact) mass is 296 g/mol. The number of thiazole rings is 1. The third kappa shape index (κ3) is 2.68. The molecule has 1 N–H and O–H groups in total. The molecule has 3 rings (SSSR count). The second kappa shape index (κ2) is 5.46. The van der Waals surface area contributed by atoms with Gasteiger partial charge in [0.15, 0.2) is 5.69 Å². The van der Waals surface area contributed by atoms with Gasteiger partial charge in [0.2, 0.25) is 0 Å². The van der Waals surface area contributed by atoms with Crippen LogP contribution >= 0.6 is 11.3 Å². The van der Waals surface area contributed by atoms with E-state index >= 15 is 0 Å². The number of carboxylic acids is 1. The van der Waals surface area contributed by atoms with Crippen molar-refractivity contribution >= 4 is 40.2 Å². The largest absolute Gasteiger partial charge is 0.476 e. The highest BCUT2D eigenvalue weighted by molar-refractivity contribution is 7.12. The predicted molar refractivity (Wildman–Crippen MR) is 84.5 cm³/mol. The van der Waals surface area contributed by atoms with Crippen LogP contribution in [0.25, 0.3) is 22.9 Å². The van der Waals surface area contributed by atoms with Gasteiger partial charge in [0, 0.05) is 16.5 Å². The van der Waals surface area contributed by atoms with Crippen molar-refractivity contribution in [1.29, 1.82) is 0 Å². The molecule has 0 unspecified atom stereocenters. The summed E-state index contributed by atoms with van der Waals surface area (Å²) < 4.78 is 0. The number of rotatable bonds is 3. The molecular formula is C16H12N2O2S. The molecule has 0 bridgehead atoms. The molecule has 0 radical (unpaired) electrons. The standard InChI is InChI=1S/C16H12N2O2S/c1-10-15(16(19)20)18-14(21-10)7-6-13-12-5-3-2-4-11(12)8-9-17-13/h2-9H,1H3,(H,19,20). The average molecular weight is 296 g/mol. The molecule has 0 amide bonds. The fourth-order valence-corrected chi connectivity index (χ4v) is 2.93. The zero-order valence-corrected chi connectivity index (χ0v) is 12.1. The molecule has 5 heteroatoms. The van der Waals surface area contributed by atoms with Crippen molar-refractivity contribution in [1.82, 2.24) is 9.97 Å². The number of pyridine rings is 1. The third-order valence-electron chi connectivity index (χ3n) is 3.10. The molecule has 0 aliphatic heterocycles. The SMILES string of the molecule is Cc1sc(C=Cc2nccc3ccccc23)nc1C(=O)O. The smallest absolute Gasteiger partial charge is 0.355 e. The maximum Gasteiger partial charge on any atom is 0.355 e. The molecule has 0 spiro atoms. The van der Waals surface area contributed by atoms with Gasteiger partial charge in [-0.05, 0) is 30.5 Å². The van der Waals surface area contributed by atoms with E-state index in [1.807, 2.05) is 36.4 Å². The Kier molecular flexibility index (Phi) is 3.50. The Morgan fingerprint density at radius 3 is 2.81 bits per heavy atom. The Balaban J connectivity index is 1.98. The van der Waals surface area contributed by atoms with E-state index in [1.165, 1.54) is 11.3 Å². The summed E-state index contributed by atoms with van der Waals surface area (Å²) in [6.07, 6.45) is 5.43. The van der Waals surface area contributed by atoms with Crippen LogP contribution in [0.2, 0.25) is 0 Å². The number of aryl methyl sites for hydroxylation is 1. The highest BCUT2D eigenvalue weighted by Gasteiger charge is 2.12. The van der Waals surface area contributed by atoms with Crippen LogP contribution in [0.4, 0.5) is 0 Å². The van der Waals surface area contributed by atoms with Crippen LogP contribution in [0.15, 0.2) is 36.5 Å². The van der Waals surface area contributed by atoms with Gasteiger partial charge in [0.1, 0.15) is 5.01 Å². The van der Waals surface area contributed by atoms with Crippen LogP contribution in [0, 0.1) is 6.92 Å². The highest BCUT2D eigenvalue weighted by atomic mass is 32.1. The van der Waals surface area contributed by atoms with Crippen LogP contribution < -0.4 is 0 Å². The molecule has 0 atom stereocenters. The molecule has 0 saturated heterocycles. The van der Waals surface area contributed by atoms with Gasteiger partial charge in [-0.25, -0.2) is 9.78 Å². The molecule has 2 heterocycles. The fraction of sp³-hybridized carbons (Fsp3) is 0.0625. The van der Waals surface area contributed by atoms with E-state index in [1.54, 1.807) is 19.2 Å². The summed E-state index contributed by atoms with van der Waals surface area (Å²) in [5, 5.41) is 11.9. The molecule has 2 aromatic heterocycles. The van der Waals surface area contributed by atoms with Crippen molar-refractivity contribution in [3.05, 3.63) is 57.8 Å². The summed E-state index contributed by atoms with van der Waals surface area (Å²) in [4.78, 5) is 20.2. The first-order chi connectivity index (χ1) is 10.1. The Morgan fingerprint density at radius 2 is 2.05 bits per heavy atom. The third-order valence-corrected chi connectivity index (χ3v) is 4.04. The molecule has 0 aliphatic carbocycles. The number of benzene rings is 1. The molecule has 4 nitrogen and oxygen atoms in total. The number of hydrogen-bond acceptors (Lipinski definition) is 4. The lowest BCUT2D eigenvalue weighted by molar-refractivity contribution is 0.0690. The summed E-state index contributed by atoms with van der Waals surface area (Å²) in [5.74, 6) is -0.994. The molecule has 21 heavy (non-hydrogen) atoms. The summed E-state index contributed by atoms with van der Waals surface area (Å²) in [6.45, 7) is 1.76. The Morgan fingerprint density at radius 1 is 1.24 bits per heavy atom. The van der Waals surface area contributed by atoms with E-state index in [4.69, 9.17) is 5.11 Å². The van der Waals surface area contributed by atoms with Gasteiger partial charge in [0.25, 0.3) is 0 Å². The number of carbonyl (C=O) groups is 1. The maximum atomic E-state index is 11.0. The lowest BCUT2D eigenvalue weighted by atomic mass is 10.1. The van der Waals surface area contributed by atoms with Gasteiger partial charge in [-0.2, -0.15) is 0 Å². The van der Waals surface area contributed by atoms with Crippen molar-refractivity contribution in [3.63, 3.8) is 0 Å².